The fourth-order valence-corrected chi connectivity index (χ4v) is 1.63. The predicted molar refractivity (Wildman–Crippen MR) is 75.0 cm³/mol. The fraction of sp³-hybridized carbons (Fsp3) is 0.438. The molecule has 0 N–H and O–H groups in total. The Hall–Kier alpha value is -1.57. The van der Waals surface area contributed by atoms with Crippen molar-refractivity contribution in [3.8, 4) is 5.75 Å². The Bertz CT molecular complexity index is 394. The molecule has 0 bridgehead atoms. The van der Waals surface area contributed by atoms with Crippen LogP contribution in [-0.2, 0) is 11.2 Å². The van der Waals surface area contributed by atoms with Gasteiger partial charge in [0.05, 0.1) is 6.61 Å². The molecule has 18 heavy (non-hydrogen) atoms. The standard InChI is InChI=1S/C16H22O2/c1-3-4-5-11-18-16-8-6-7-15(12-16)10-9-14(2)13-17/h6-9,12-13H,3-5,10-11H2,1-2H3/b14-9+. The SMILES string of the molecule is CCCCCOc1cccc(C/C=C(\C)C=O)c1. The molecule has 1 aromatic rings. The molecule has 0 heterocycles. The molecule has 0 spiro atoms. The molecule has 2 heteroatoms. The molecule has 0 unspecified atom stereocenters. The van der Waals surface area contributed by atoms with Crippen LogP contribution in [0.25, 0.3) is 0 Å². The molecule has 0 aliphatic carbocycles. The summed E-state index contributed by atoms with van der Waals surface area (Å²) in [7, 11) is 0. The number of ether oxygens (including phenoxy) is 1. The molecule has 2 nitrogen and oxygen atoms in total. The van der Waals surface area contributed by atoms with E-state index in [1.165, 1.54) is 18.4 Å². The molecule has 1 aromatic carbocycles. The first-order chi connectivity index (χ1) is 8.76. The third kappa shape index (κ3) is 5.67. The van der Waals surface area contributed by atoms with E-state index in [9.17, 15) is 4.79 Å². The Morgan fingerprint density at radius 1 is 1.33 bits per heavy atom. The van der Waals surface area contributed by atoms with E-state index in [0.29, 0.717) is 0 Å². The van der Waals surface area contributed by atoms with Crippen LogP contribution in [0.3, 0.4) is 0 Å². The molecular weight excluding hydrogens is 224 g/mol. The van der Waals surface area contributed by atoms with Crippen molar-refractivity contribution in [3.05, 3.63) is 41.5 Å². The molecule has 0 aliphatic heterocycles. The van der Waals surface area contributed by atoms with Crippen LogP contribution in [0.1, 0.15) is 38.7 Å². The van der Waals surface area contributed by atoms with Crippen molar-refractivity contribution in [1.82, 2.24) is 0 Å². The van der Waals surface area contributed by atoms with Crippen molar-refractivity contribution in [2.45, 2.75) is 39.5 Å². The van der Waals surface area contributed by atoms with Gasteiger partial charge >= 0.3 is 0 Å². The van der Waals surface area contributed by atoms with E-state index in [1.807, 2.05) is 37.3 Å². The van der Waals surface area contributed by atoms with Gasteiger partial charge in [-0.25, -0.2) is 0 Å². The zero-order valence-electron chi connectivity index (χ0n) is 11.3. The van der Waals surface area contributed by atoms with Gasteiger partial charge in [0, 0.05) is 0 Å². The summed E-state index contributed by atoms with van der Waals surface area (Å²) in [5.41, 5.74) is 1.94. The lowest BCUT2D eigenvalue weighted by molar-refractivity contribution is -0.104. The monoisotopic (exact) mass is 246 g/mol. The van der Waals surface area contributed by atoms with Gasteiger partial charge in [0.15, 0.2) is 0 Å². The van der Waals surface area contributed by atoms with Crippen LogP contribution in [0.15, 0.2) is 35.9 Å². The van der Waals surface area contributed by atoms with Crippen molar-refractivity contribution in [3.63, 3.8) is 0 Å². The lowest BCUT2D eigenvalue weighted by Gasteiger charge is -2.07. The summed E-state index contributed by atoms with van der Waals surface area (Å²) in [6, 6.07) is 8.06. The van der Waals surface area contributed by atoms with Gasteiger partial charge in [-0.1, -0.05) is 38.0 Å². The van der Waals surface area contributed by atoms with Gasteiger partial charge in [-0.3, -0.25) is 4.79 Å². The number of rotatable bonds is 8. The zero-order chi connectivity index (χ0) is 13.2. The van der Waals surface area contributed by atoms with Crippen molar-refractivity contribution < 1.29 is 9.53 Å². The zero-order valence-corrected chi connectivity index (χ0v) is 11.3. The first-order valence-corrected chi connectivity index (χ1v) is 6.60. The molecule has 1 rings (SSSR count). The summed E-state index contributed by atoms with van der Waals surface area (Å²) >= 11 is 0. The molecule has 0 radical (unpaired) electrons. The molecule has 98 valence electrons. The molecule has 0 aliphatic rings. The molecular formula is C16H22O2. The summed E-state index contributed by atoms with van der Waals surface area (Å²) in [4.78, 5) is 10.5. The highest BCUT2D eigenvalue weighted by molar-refractivity contribution is 5.72. The van der Waals surface area contributed by atoms with E-state index in [1.54, 1.807) is 0 Å². The van der Waals surface area contributed by atoms with Gasteiger partial charge < -0.3 is 4.74 Å². The van der Waals surface area contributed by atoms with Gasteiger partial charge in [0.25, 0.3) is 0 Å². The van der Waals surface area contributed by atoms with Gasteiger partial charge in [0.2, 0.25) is 0 Å². The number of aldehydes is 1. The predicted octanol–water partition coefficient (Wildman–Crippen LogP) is 3.94. The van der Waals surface area contributed by atoms with Gasteiger partial charge in [-0.05, 0) is 43.0 Å². The van der Waals surface area contributed by atoms with Crippen molar-refractivity contribution in [1.29, 1.82) is 0 Å². The highest BCUT2D eigenvalue weighted by Gasteiger charge is 1.96. The molecule has 0 amide bonds. The van der Waals surface area contributed by atoms with Crippen molar-refractivity contribution in [2.75, 3.05) is 6.61 Å². The normalized spacial score (nSPS) is 11.3. The Morgan fingerprint density at radius 2 is 2.17 bits per heavy atom. The molecule has 0 atom stereocenters. The van der Waals surface area contributed by atoms with Crippen LogP contribution < -0.4 is 4.74 Å². The average molecular weight is 246 g/mol. The number of unbranched alkanes of at least 4 members (excludes halogenated alkanes) is 2. The fourth-order valence-electron chi connectivity index (χ4n) is 1.63. The molecule has 0 fully saturated rings. The number of benzene rings is 1. The van der Waals surface area contributed by atoms with Gasteiger partial charge in [-0.2, -0.15) is 0 Å². The minimum Gasteiger partial charge on any atom is -0.494 e. The van der Waals surface area contributed by atoms with Crippen LogP contribution in [0.4, 0.5) is 0 Å². The topological polar surface area (TPSA) is 26.3 Å². The van der Waals surface area contributed by atoms with Crippen LogP contribution in [0, 0.1) is 0 Å². The van der Waals surface area contributed by atoms with Crippen LogP contribution in [0.2, 0.25) is 0 Å². The number of carbonyl (C=O) groups excluding carboxylic acids is 1. The number of hydrogen-bond donors (Lipinski definition) is 0. The second kappa shape index (κ2) is 8.51. The maximum Gasteiger partial charge on any atom is 0.145 e. The number of allylic oxidation sites excluding steroid dienone is 2. The van der Waals surface area contributed by atoms with Crippen LogP contribution in [0.5, 0.6) is 5.75 Å². The van der Waals surface area contributed by atoms with Crippen LogP contribution >= 0.6 is 0 Å². The lowest BCUT2D eigenvalue weighted by atomic mass is 10.1. The quantitative estimate of drug-likeness (QED) is 0.394. The first-order valence-electron chi connectivity index (χ1n) is 6.60. The third-order valence-corrected chi connectivity index (χ3v) is 2.76. The summed E-state index contributed by atoms with van der Waals surface area (Å²) in [5.74, 6) is 0.917. The maximum atomic E-state index is 10.5. The van der Waals surface area contributed by atoms with Gasteiger partial charge in [-0.15, -0.1) is 0 Å². The van der Waals surface area contributed by atoms with Crippen molar-refractivity contribution in [2.24, 2.45) is 0 Å². The highest BCUT2D eigenvalue weighted by Crippen LogP contribution is 2.15. The summed E-state index contributed by atoms with van der Waals surface area (Å²) < 4.78 is 5.69. The second-order valence-electron chi connectivity index (χ2n) is 4.47. The number of carbonyl (C=O) groups is 1. The molecule has 0 saturated heterocycles. The van der Waals surface area contributed by atoms with E-state index in [4.69, 9.17) is 4.74 Å². The molecule has 0 aromatic heterocycles. The smallest absolute Gasteiger partial charge is 0.145 e. The summed E-state index contributed by atoms with van der Waals surface area (Å²) in [6.07, 6.45) is 7.11. The Labute approximate surface area is 110 Å². The van der Waals surface area contributed by atoms with E-state index >= 15 is 0 Å². The Kier molecular flexibility index (Phi) is 6.85. The lowest BCUT2D eigenvalue weighted by Crippen LogP contribution is -1.97. The van der Waals surface area contributed by atoms with E-state index in [2.05, 4.69) is 6.92 Å². The third-order valence-electron chi connectivity index (χ3n) is 2.76. The van der Waals surface area contributed by atoms with E-state index in [0.717, 1.165) is 37.1 Å². The van der Waals surface area contributed by atoms with Crippen LogP contribution in [-0.4, -0.2) is 12.9 Å². The van der Waals surface area contributed by atoms with E-state index in [-0.39, 0.29) is 0 Å². The number of hydrogen-bond acceptors (Lipinski definition) is 2. The molecule has 0 saturated carbocycles. The summed E-state index contributed by atoms with van der Waals surface area (Å²) in [6.45, 7) is 4.78. The first kappa shape index (κ1) is 14.5. The van der Waals surface area contributed by atoms with E-state index < -0.39 is 0 Å². The van der Waals surface area contributed by atoms with Crippen molar-refractivity contribution >= 4 is 6.29 Å². The minimum atomic E-state index is 0.768. The second-order valence-corrected chi connectivity index (χ2v) is 4.47. The minimum absolute atomic E-state index is 0.768. The highest BCUT2D eigenvalue weighted by atomic mass is 16.5. The Morgan fingerprint density at radius 3 is 2.89 bits per heavy atom. The average Bonchev–Trinajstić information content (AvgIpc) is 2.41. The maximum absolute atomic E-state index is 10.5. The van der Waals surface area contributed by atoms with Gasteiger partial charge in [0.1, 0.15) is 12.0 Å². The largest absolute Gasteiger partial charge is 0.494 e. The summed E-state index contributed by atoms with van der Waals surface area (Å²) in [5, 5.41) is 0. The Balaban J connectivity index is 2.48.